The lowest BCUT2D eigenvalue weighted by Gasteiger charge is -2.15. The first kappa shape index (κ1) is 19.1. The van der Waals surface area contributed by atoms with Gasteiger partial charge in [-0.05, 0) is 61.6 Å². The molecule has 0 radical (unpaired) electrons. The molecule has 3 heterocycles. The van der Waals surface area contributed by atoms with Gasteiger partial charge in [0.1, 0.15) is 11.7 Å². The Kier molecular flexibility index (Phi) is 4.29. The number of nitrogens with one attached hydrogen (secondary N) is 5. The lowest BCUT2D eigenvalue weighted by atomic mass is 10.0. The number of aromatic nitrogens is 2. The van der Waals surface area contributed by atoms with E-state index in [4.69, 9.17) is 4.99 Å². The van der Waals surface area contributed by atoms with Crippen LogP contribution in [-0.4, -0.2) is 28.0 Å². The topological polar surface area (TPSA) is 106 Å². The number of rotatable bonds is 5. The molecule has 2 aromatic carbocycles. The zero-order valence-electron chi connectivity index (χ0n) is 18.0. The number of benzene rings is 2. The quantitative estimate of drug-likeness (QED) is 0.430. The van der Waals surface area contributed by atoms with Crippen molar-refractivity contribution in [3.63, 3.8) is 0 Å². The van der Waals surface area contributed by atoms with E-state index in [0.717, 1.165) is 50.9 Å². The number of amidine groups is 1. The van der Waals surface area contributed by atoms with Gasteiger partial charge in [-0.25, -0.2) is 9.98 Å². The van der Waals surface area contributed by atoms with E-state index in [2.05, 4.69) is 56.6 Å². The van der Waals surface area contributed by atoms with Gasteiger partial charge in [0.2, 0.25) is 0 Å². The highest BCUT2D eigenvalue weighted by atomic mass is 16.1. The molecule has 8 heteroatoms. The highest BCUT2D eigenvalue weighted by Crippen LogP contribution is 2.39. The molecule has 2 aliphatic heterocycles. The Labute approximate surface area is 185 Å². The Morgan fingerprint density at radius 1 is 1.09 bits per heavy atom. The fourth-order valence-corrected chi connectivity index (χ4v) is 4.46. The van der Waals surface area contributed by atoms with E-state index in [9.17, 15) is 4.79 Å². The first-order valence-corrected chi connectivity index (χ1v) is 11.0. The number of hydrogen-bond acceptors (Lipinski definition) is 6. The number of hydrazine groups is 1. The number of aryl methyl sites for hydroxylation is 1. The second-order valence-electron chi connectivity index (χ2n) is 8.73. The summed E-state index contributed by atoms with van der Waals surface area (Å²) in [5, 5.41) is 6.29. The number of imidazole rings is 1. The maximum absolute atomic E-state index is 11.9. The van der Waals surface area contributed by atoms with Gasteiger partial charge in [0.05, 0.1) is 11.9 Å². The summed E-state index contributed by atoms with van der Waals surface area (Å²) in [5.41, 5.74) is 14.6. The first-order chi connectivity index (χ1) is 15.6. The Bertz CT molecular complexity index is 1270. The van der Waals surface area contributed by atoms with Gasteiger partial charge in [0.15, 0.2) is 6.29 Å². The summed E-state index contributed by atoms with van der Waals surface area (Å²) < 4.78 is 0. The highest BCUT2D eigenvalue weighted by Gasteiger charge is 2.27. The van der Waals surface area contributed by atoms with Gasteiger partial charge in [-0.1, -0.05) is 12.1 Å². The van der Waals surface area contributed by atoms with Crippen molar-refractivity contribution in [3.05, 3.63) is 70.2 Å². The number of aliphatic imine (C=N–C) groups is 1. The molecule has 3 aromatic rings. The smallest absolute Gasteiger partial charge is 0.251 e. The van der Waals surface area contributed by atoms with E-state index < -0.39 is 0 Å². The zero-order chi connectivity index (χ0) is 21.8. The SMILES string of the molecule is Cc1cc(C2=NC(Nc3ccc4c(c3C)CNC4=O)NN2)ccc1-c1cnc(C2CC2)[nH]1. The predicted octanol–water partition coefficient (Wildman–Crippen LogP) is 3.06. The lowest BCUT2D eigenvalue weighted by Crippen LogP contribution is -2.39. The van der Waals surface area contributed by atoms with Crippen LogP contribution in [0.25, 0.3) is 11.3 Å². The second-order valence-corrected chi connectivity index (χ2v) is 8.73. The molecule has 0 spiro atoms. The number of aromatic amines is 1. The molecular weight excluding hydrogens is 402 g/mol. The van der Waals surface area contributed by atoms with Crippen LogP contribution in [0.2, 0.25) is 0 Å². The molecule has 0 bridgehead atoms. The predicted molar refractivity (Wildman–Crippen MR) is 123 cm³/mol. The molecule has 1 amide bonds. The van der Waals surface area contributed by atoms with Gasteiger partial charge < -0.3 is 21.0 Å². The Hall–Kier alpha value is -3.65. The van der Waals surface area contributed by atoms with Crippen molar-refractivity contribution >= 4 is 17.4 Å². The lowest BCUT2D eigenvalue weighted by molar-refractivity contribution is 0.0966. The number of nitrogens with zero attached hydrogens (tertiary/aromatic N) is 2. The number of hydrogen-bond donors (Lipinski definition) is 5. The molecule has 8 nitrogen and oxygen atoms in total. The van der Waals surface area contributed by atoms with Gasteiger partial charge in [0, 0.05) is 34.8 Å². The maximum Gasteiger partial charge on any atom is 0.251 e. The average Bonchev–Trinajstić information content (AvgIpc) is 3.18. The van der Waals surface area contributed by atoms with Crippen molar-refractivity contribution in [2.75, 3.05) is 5.32 Å². The normalized spacial score (nSPS) is 19.4. The molecule has 1 unspecified atom stereocenters. The van der Waals surface area contributed by atoms with E-state index in [0.29, 0.717) is 12.5 Å². The Morgan fingerprint density at radius 2 is 1.94 bits per heavy atom. The summed E-state index contributed by atoms with van der Waals surface area (Å²) in [6.07, 6.45) is 4.10. The molecule has 162 valence electrons. The molecular formula is C24H25N7O. The van der Waals surface area contributed by atoms with Crippen LogP contribution in [0.15, 0.2) is 41.5 Å². The molecule has 1 aliphatic carbocycles. The maximum atomic E-state index is 11.9. The third-order valence-electron chi connectivity index (χ3n) is 6.50. The van der Waals surface area contributed by atoms with E-state index in [-0.39, 0.29) is 12.2 Å². The molecule has 1 atom stereocenters. The van der Waals surface area contributed by atoms with Crippen LogP contribution in [-0.2, 0) is 6.54 Å². The molecule has 0 saturated heterocycles. The third-order valence-corrected chi connectivity index (χ3v) is 6.50. The summed E-state index contributed by atoms with van der Waals surface area (Å²) in [4.78, 5) is 24.7. The van der Waals surface area contributed by atoms with E-state index in [1.807, 2.05) is 25.3 Å². The molecule has 1 fully saturated rings. The molecule has 6 rings (SSSR count). The zero-order valence-corrected chi connectivity index (χ0v) is 18.0. The van der Waals surface area contributed by atoms with Crippen molar-refractivity contribution in [1.82, 2.24) is 26.1 Å². The van der Waals surface area contributed by atoms with Crippen LogP contribution >= 0.6 is 0 Å². The van der Waals surface area contributed by atoms with Crippen molar-refractivity contribution in [2.24, 2.45) is 4.99 Å². The number of fused-ring (bicyclic) bond motifs is 1. The summed E-state index contributed by atoms with van der Waals surface area (Å²) in [5.74, 6) is 2.50. The van der Waals surface area contributed by atoms with Gasteiger partial charge in [-0.15, -0.1) is 0 Å². The summed E-state index contributed by atoms with van der Waals surface area (Å²) in [6, 6.07) is 10.1. The van der Waals surface area contributed by atoms with Crippen molar-refractivity contribution in [1.29, 1.82) is 0 Å². The summed E-state index contributed by atoms with van der Waals surface area (Å²) >= 11 is 0. The number of carbonyl (C=O) groups excluding carboxylic acids is 1. The van der Waals surface area contributed by atoms with Crippen molar-refractivity contribution in [3.8, 4) is 11.3 Å². The minimum Gasteiger partial charge on any atom is -0.350 e. The van der Waals surface area contributed by atoms with Crippen molar-refractivity contribution < 1.29 is 4.79 Å². The van der Waals surface area contributed by atoms with Crippen molar-refractivity contribution in [2.45, 2.75) is 45.4 Å². The minimum absolute atomic E-state index is 0.00618. The minimum atomic E-state index is -0.305. The van der Waals surface area contributed by atoms with Crippen LogP contribution < -0.4 is 21.5 Å². The number of amides is 1. The highest BCUT2D eigenvalue weighted by molar-refractivity contribution is 6.00. The van der Waals surface area contributed by atoms with Gasteiger partial charge in [0.25, 0.3) is 5.91 Å². The van der Waals surface area contributed by atoms with Gasteiger partial charge >= 0.3 is 0 Å². The molecule has 1 aromatic heterocycles. The molecule has 32 heavy (non-hydrogen) atoms. The van der Waals surface area contributed by atoms with Crippen LogP contribution in [0.5, 0.6) is 0 Å². The fraction of sp³-hybridized carbons (Fsp3) is 0.292. The number of anilines is 1. The molecule has 5 N–H and O–H groups in total. The standard InChI is InChI=1S/C24H25N7O/c1-12-9-15(5-6-16(12)20-11-25-21(27-20)14-3-4-14)22-29-24(31-30-22)28-19-8-7-17-18(13(19)2)10-26-23(17)32/h5-9,11,14,24,28,31H,3-4,10H2,1-2H3,(H,25,27)(H,26,32)(H,29,30). The third kappa shape index (κ3) is 3.23. The number of H-pyrrole nitrogens is 1. The molecule has 3 aliphatic rings. The van der Waals surface area contributed by atoms with E-state index in [1.54, 1.807) is 0 Å². The molecule has 1 saturated carbocycles. The van der Waals surface area contributed by atoms with E-state index in [1.165, 1.54) is 18.4 Å². The summed E-state index contributed by atoms with van der Waals surface area (Å²) in [7, 11) is 0. The summed E-state index contributed by atoms with van der Waals surface area (Å²) in [6.45, 7) is 4.71. The fourth-order valence-electron chi connectivity index (χ4n) is 4.46. The monoisotopic (exact) mass is 427 g/mol. The first-order valence-electron chi connectivity index (χ1n) is 11.0. The van der Waals surface area contributed by atoms with Crippen LogP contribution in [0.4, 0.5) is 5.69 Å². The van der Waals surface area contributed by atoms with Crippen LogP contribution in [0, 0.1) is 13.8 Å². The average molecular weight is 428 g/mol. The number of carbonyl (C=O) groups is 1. The Morgan fingerprint density at radius 3 is 2.75 bits per heavy atom. The van der Waals surface area contributed by atoms with Crippen LogP contribution in [0.1, 0.15) is 57.2 Å². The van der Waals surface area contributed by atoms with Gasteiger partial charge in [-0.2, -0.15) is 5.43 Å². The van der Waals surface area contributed by atoms with E-state index >= 15 is 0 Å². The van der Waals surface area contributed by atoms with Crippen LogP contribution in [0.3, 0.4) is 0 Å². The largest absolute Gasteiger partial charge is 0.350 e. The second kappa shape index (κ2) is 7.20. The Balaban J connectivity index is 1.20. The van der Waals surface area contributed by atoms with Gasteiger partial charge in [-0.3, -0.25) is 4.79 Å².